The number of nitrogens with zero attached hydrogens (tertiary/aromatic N) is 1. The summed E-state index contributed by atoms with van der Waals surface area (Å²) in [5, 5.41) is 7.75. The first kappa shape index (κ1) is 9.13. The molecule has 0 aliphatic carbocycles. The van der Waals surface area contributed by atoms with Gasteiger partial charge in [0, 0.05) is 0 Å². The van der Waals surface area contributed by atoms with Crippen molar-refractivity contribution in [2.75, 3.05) is 7.11 Å². The van der Waals surface area contributed by atoms with E-state index in [1.807, 2.05) is 0 Å². The molecule has 1 unspecified atom stereocenters. The van der Waals surface area contributed by atoms with Gasteiger partial charge in [0.2, 0.25) is 0 Å². The molecule has 0 amide bonds. The van der Waals surface area contributed by atoms with Gasteiger partial charge in [-0.05, 0) is 0 Å². The van der Waals surface area contributed by atoms with Gasteiger partial charge in [0.15, 0.2) is 0 Å². The van der Waals surface area contributed by atoms with Crippen molar-refractivity contribution in [2.24, 2.45) is 0 Å². The Morgan fingerprint density at radius 1 is 1.78 bits per heavy atom. The predicted octanol–water partition coefficient (Wildman–Crippen LogP) is -0.740. The summed E-state index contributed by atoms with van der Waals surface area (Å²) in [4.78, 5) is 3.70. The van der Waals surface area contributed by atoms with Crippen LogP contribution in [0.5, 0.6) is 0 Å². The van der Waals surface area contributed by atoms with Gasteiger partial charge in [-0.15, -0.1) is 0 Å². The van der Waals surface area contributed by atoms with Crippen molar-refractivity contribution in [3.05, 3.63) is 0 Å². The molecule has 0 aliphatic heterocycles. The summed E-state index contributed by atoms with van der Waals surface area (Å²) < 4.78 is 18.9. The van der Waals surface area contributed by atoms with Crippen LogP contribution in [0.3, 0.4) is 0 Å². The maximum absolute atomic E-state index is 10.6. The SMILES string of the molecule is CO[S](=O)(=[Mg])OOC#N. The average Bonchev–Trinajstić information content (AvgIpc) is 1.84. The van der Waals surface area contributed by atoms with E-state index in [9.17, 15) is 4.21 Å². The molecule has 0 heterocycles. The fraction of sp³-hybridized carbons (Fsp3) is 0.500. The average molecular weight is 161 g/mol. The second-order valence-corrected chi connectivity index (χ2v) is 4.67. The van der Waals surface area contributed by atoms with E-state index in [0.29, 0.717) is 0 Å². The molecule has 0 aromatic carbocycles. The van der Waals surface area contributed by atoms with Crippen LogP contribution < -0.4 is 0 Å². The number of hydrogen-bond donors (Lipinski definition) is 0. The van der Waals surface area contributed by atoms with Crippen LogP contribution in [0.1, 0.15) is 0 Å². The third kappa shape index (κ3) is 4.62. The maximum atomic E-state index is 10.6. The monoisotopic (exact) mass is 161 g/mol. The second kappa shape index (κ2) is 4.02. The van der Waals surface area contributed by atoms with Crippen LogP contribution in [0.2, 0.25) is 0 Å². The van der Waals surface area contributed by atoms with Gasteiger partial charge in [0.05, 0.1) is 0 Å². The number of nitriles is 1. The summed E-state index contributed by atoms with van der Waals surface area (Å²) in [5.74, 6) is 0. The van der Waals surface area contributed by atoms with E-state index < -0.39 is 7.32 Å². The third-order valence-electron chi connectivity index (χ3n) is 0.429. The summed E-state index contributed by atoms with van der Waals surface area (Å²) in [5.41, 5.74) is 0. The first-order valence-corrected chi connectivity index (χ1v) is 5.10. The van der Waals surface area contributed by atoms with E-state index in [-0.39, 0.29) is 0 Å². The normalized spacial score (nSPS) is 15.8. The number of rotatable bonds is 3. The molecule has 0 radical (unpaired) electrons. The molecule has 0 aromatic heterocycles. The van der Waals surface area contributed by atoms with Crippen molar-refractivity contribution >= 4 is 27.1 Å². The molecule has 0 aromatic rings. The molecular formula is C2H3MgNO4S. The Balaban J connectivity index is 3.78. The molecule has 5 nitrogen and oxygen atoms in total. The van der Waals surface area contributed by atoms with Crippen LogP contribution in [-0.4, -0.2) is 31.1 Å². The van der Waals surface area contributed by atoms with Gasteiger partial charge in [-0.2, -0.15) is 0 Å². The van der Waals surface area contributed by atoms with Gasteiger partial charge in [-0.25, -0.2) is 0 Å². The molecular weight excluding hydrogens is 158 g/mol. The molecule has 0 bridgehead atoms. The van der Waals surface area contributed by atoms with Crippen LogP contribution in [0, 0.1) is 11.5 Å². The van der Waals surface area contributed by atoms with Gasteiger partial charge < -0.3 is 0 Å². The van der Waals surface area contributed by atoms with Crippen LogP contribution in [0.15, 0.2) is 0 Å². The van der Waals surface area contributed by atoms with Gasteiger partial charge in [0.1, 0.15) is 0 Å². The van der Waals surface area contributed by atoms with E-state index in [2.05, 4.69) is 13.4 Å². The standard InChI is InChI=1S/C2H3NO4S.Mg/c1-5-8(4)7-6-2-3;/h1H3;. The molecule has 48 valence electrons. The number of hydrogen-bond acceptors (Lipinski definition) is 5. The van der Waals surface area contributed by atoms with Crippen LogP contribution in [0.25, 0.3) is 0 Å². The molecule has 0 fully saturated rings. The van der Waals surface area contributed by atoms with Crippen molar-refractivity contribution in [3.63, 3.8) is 0 Å². The van der Waals surface area contributed by atoms with Crippen molar-refractivity contribution in [1.29, 1.82) is 5.26 Å². The zero-order valence-electron chi connectivity index (χ0n) is 4.70. The van der Waals surface area contributed by atoms with E-state index in [4.69, 9.17) is 5.26 Å². The summed E-state index contributed by atoms with van der Waals surface area (Å²) in [6, 6.07) is 0. The van der Waals surface area contributed by atoms with Crippen molar-refractivity contribution < 1.29 is 17.6 Å². The molecule has 0 spiro atoms. The zero-order valence-corrected chi connectivity index (χ0v) is 6.93. The Kier molecular flexibility index (Phi) is 4.08. The molecule has 0 saturated heterocycles. The quantitative estimate of drug-likeness (QED) is 0.236. The molecule has 9 heavy (non-hydrogen) atoms. The van der Waals surface area contributed by atoms with E-state index in [1.54, 1.807) is 0 Å². The van der Waals surface area contributed by atoms with Crippen LogP contribution in [0.4, 0.5) is 0 Å². The van der Waals surface area contributed by atoms with Crippen molar-refractivity contribution in [3.8, 4) is 6.26 Å². The van der Waals surface area contributed by atoms with Crippen molar-refractivity contribution in [1.82, 2.24) is 0 Å². The fourth-order valence-electron chi connectivity index (χ4n) is 0.0948. The van der Waals surface area contributed by atoms with Crippen LogP contribution in [-0.2, 0) is 20.7 Å². The first-order valence-electron chi connectivity index (χ1n) is 1.79. The van der Waals surface area contributed by atoms with Gasteiger partial charge in [-0.3, -0.25) is 0 Å². The molecule has 0 aliphatic rings. The Morgan fingerprint density at radius 3 is 2.67 bits per heavy atom. The van der Waals surface area contributed by atoms with E-state index >= 15 is 0 Å². The van der Waals surface area contributed by atoms with Crippen molar-refractivity contribution in [2.45, 2.75) is 0 Å². The Labute approximate surface area is 63.5 Å². The first-order chi connectivity index (χ1) is 4.12. The molecule has 0 rings (SSSR count). The molecule has 0 N–H and O–H groups in total. The summed E-state index contributed by atoms with van der Waals surface area (Å²) in [6.07, 6.45) is 1.18. The Hall–Kier alpha value is 0.126. The zero-order chi connectivity index (χ0) is 7.33. The molecule has 0 saturated carbocycles. The van der Waals surface area contributed by atoms with E-state index in [0.717, 1.165) is 19.8 Å². The molecule has 7 heteroatoms. The Bertz CT molecular complexity index is 203. The van der Waals surface area contributed by atoms with Gasteiger partial charge >= 0.3 is 63.4 Å². The van der Waals surface area contributed by atoms with Gasteiger partial charge in [-0.1, -0.05) is 0 Å². The second-order valence-electron chi connectivity index (χ2n) is 0.967. The summed E-state index contributed by atoms with van der Waals surface area (Å²) >= 11 is 0.960. The Morgan fingerprint density at radius 2 is 2.33 bits per heavy atom. The fourth-order valence-corrected chi connectivity index (χ4v) is 0.429. The topological polar surface area (TPSA) is 68.6 Å². The minimum atomic E-state index is -2.85. The molecule has 1 atom stereocenters. The van der Waals surface area contributed by atoms with Crippen LogP contribution >= 0.6 is 0 Å². The third-order valence-corrected chi connectivity index (χ3v) is 2.21. The minimum absolute atomic E-state index is 0.960. The predicted molar refractivity (Wildman–Crippen MR) is 28.7 cm³/mol. The van der Waals surface area contributed by atoms with E-state index in [1.165, 1.54) is 13.4 Å². The summed E-state index contributed by atoms with van der Waals surface area (Å²) in [7, 11) is -1.66. The summed E-state index contributed by atoms with van der Waals surface area (Å²) in [6.45, 7) is 0. The van der Waals surface area contributed by atoms with Gasteiger partial charge in [0.25, 0.3) is 0 Å².